The highest BCUT2D eigenvalue weighted by Gasteiger charge is 2.10. The Bertz CT molecular complexity index is 145. The number of thiocarbonyl (C=S) groups is 1. The Morgan fingerprint density at radius 3 is 2.40 bits per heavy atom. The molecular weight excluding hydrogens is 150 g/mol. The topological polar surface area (TPSA) is 29.5 Å². The molecule has 0 aliphatic heterocycles. The molecule has 0 radical (unpaired) electrons. The van der Waals surface area contributed by atoms with Gasteiger partial charge in [0.05, 0.1) is 6.61 Å². The third kappa shape index (κ3) is 2.77. The Morgan fingerprint density at radius 2 is 2.10 bits per heavy atom. The number of hydrogen-bond acceptors (Lipinski definition) is 3. The van der Waals surface area contributed by atoms with E-state index < -0.39 is 5.97 Å². The average molecular weight is 161 g/mol. The first kappa shape index (κ1) is 9.36. The molecule has 0 fully saturated rings. The first-order valence-corrected chi connectivity index (χ1v) is 3.38. The smallest absolute Gasteiger partial charge is 0.366 e. The van der Waals surface area contributed by atoms with Crippen molar-refractivity contribution >= 4 is 23.2 Å². The minimum Gasteiger partial charge on any atom is -0.461 e. The summed E-state index contributed by atoms with van der Waals surface area (Å²) in [5, 5.41) is 0. The first-order chi connectivity index (χ1) is 4.59. The molecule has 0 atom stereocenters. The Balaban J connectivity index is 3.83. The van der Waals surface area contributed by atoms with E-state index in [9.17, 15) is 4.79 Å². The lowest BCUT2D eigenvalue weighted by molar-refractivity contribution is -0.135. The van der Waals surface area contributed by atoms with Crippen LogP contribution in [0.25, 0.3) is 0 Å². The van der Waals surface area contributed by atoms with Gasteiger partial charge in [-0.1, -0.05) is 12.2 Å². The van der Waals surface area contributed by atoms with Crippen LogP contribution in [-0.2, 0) is 9.53 Å². The fourth-order valence-electron chi connectivity index (χ4n) is 0.375. The zero-order valence-corrected chi connectivity index (χ0v) is 7.20. The van der Waals surface area contributed by atoms with Crippen molar-refractivity contribution in [2.24, 2.45) is 0 Å². The molecule has 0 aromatic heterocycles. The van der Waals surface area contributed by atoms with Gasteiger partial charge in [0.2, 0.25) is 0 Å². The monoisotopic (exact) mass is 161 g/mol. The van der Waals surface area contributed by atoms with E-state index in [0.29, 0.717) is 6.61 Å². The molecule has 4 heteroatoms. The van der Waals surface area contributed by atoms with Gasteiger partial charge in [-0.3, -0.25) is 0 Å². The van der Waals surface area contributed by atoms with Crippen LogP contribution >= 0.6 is 12.2 Å². The SMILES string of the molecule is CCOC(=O)C(=S)N(C)C. The van der Waals surface area contributed by atoms with Crippen LogP contribution in [0, 0.1) is 0 Å². The zero-order valence-electron chi connectivity index (χ0n) is 6.38. The molecule has 0 amide bonds. The summed E-state index contributed by atoms with van der Waals surface area (Å²) in [6.45, 7) is 2.11. The average Bonchev–Trinajstić information content (AvgIpc) is 1.87. The summed E-state index contributed by atoms with van der Waals surface area (Å²) >= 11 is 4.72. The molecular formula is C6H11NO2S. The van der Waals surface area contributed by atoms with Gasteiger partial charge in [-0.2, -0.15) is 0 Å². The molecule has 0 saturated heterocycles. The second-order valence-corrected chi connectivity index (χ2v) is 2.31. The van der Waals surface area contributed by atoms with Crippen LogP contribution in [0.5, 0.6) is 0 Å². The molecule has 0 saturated carbocycles. The number of ether oxygens (including phenoxy) is 1. The third-order valence-corrected chi connectivity index (χ3v) is 1.39. The molecule has 0 aromatic rings. The van der Waals surface area contributed by atoms with Crippen molar-refractivity contribution in [1.29, 1.82) is 0 Å². The summed E-state index contributed by atoms with van der Waals surface area (Å²) in [5.74, 6) is -0.428. The second-order valence-electron chi connectivity index (χ2n) is 1.92. The fraction of sp³-hybridized carbons (Fsp3) is 0.667. The molecule has 0 spiro atoms. The van der Waals surface area contributed by atoms with Crippen molar-refractivity contribution < 1.29 is 9.53 Å². The van der Waals surface area contributed by atoms with Crippen LogP contribution in [0.15, 0.2) is 0 Å². The predicted molar refractivity (Wildman–Crippen MR) is 42.9 cm³/mol. The molecule has 0 rings (SSSR count). The van der Waals surface area contributed by atoms with Crippen molar-refractivity contribution in [3.8, 4) is 0 Å². The van der Waals surface area contributed by atoms with Crippen LogP contribution in [-0.4, -0.2) is 36.6 Å². The largest absolute Gasteiger partial charge is 0.461 e. The van der Waals surface area contributed by atoms with E-state index >= 15 is 0 Å². The Kier molecular flexibility index (Phi) is 3.95. The predicted octanol–water partition coefficient (Wildman–Crippen LogP) is 0.439. The van der Waals surface area contributed by atoms with Gasteiger partial charge in [0.25, 0.3) is 0 Å². The number of carbonyl (C=O) groups excluding carboxylic acids is 1. The molecule has 0 aromatic carbocycles. The summed E-state index contributed by atoms with van der Waals surface area (Å²) in [5.41, 5.74) is 0. The van der Waals surface area contributed by atoms with E-state index in [1.165, 1.54) is 0 Å². The number of esters is 1. The van der Waals surface area contributed by atoms with Crippen LogP contribution in [0.4, 0.5) is 0 Å². The summed E-state index contributed by atoms with van der Waals surface area (Å²) in [4.78, 5) is 12.5. The Morgan fingerprint density at radius 1 is 1.60 bits per heavy atom. The minimum atomic E-state index is -0.428. The second kappa shape index (κ2) is 4.22. The van der Waals surface area contributed by atoms with E-state index in [4.69, 9.17) is 12.2 Å². The van der Waals surface area contributed by atoms with Crippen LogP contribution in [0.3, 0.4) is 0 Å². The third-order valence-electron chi connectivity index (χ3n) is 0.856. The lowest BCUT2D eigenvalue weighted by atomic mass is 10.6. The van der Waals surface area contributed by atoms with Crippen molar-refractivity contribution in [3.63, 3.8) is 0 Å². The number of hydrogen-bond donors (Lipinski definition) is 0. The molecule has 0 aliphatic rings. The maximum absolute atomic E-state index is 10.8. The van der Waals surface area contributed by atoms with E-state index in [1.54, 1.807) is 25.9 Å². The number of nitrogens with zero attached hydrogens (tertiary/aromatic N) is 1. The molecule has 3 nitrogen and oxygen atoms in total. The maximum atomic E-state index is 10.8. The van der Waals surface area contributed by atoms with E-state index in [2.05, 4.69) is 4.74 Å². The molecule has 10 heavy (non-hydrogen) atoms. The highest BCUT2D eigenvalue weighted by atomic mass is 32.1. The summed E-state index contributed by atoms with van der Waals surface area (Å²) in [7, 11) is 3.42. The van der Waals surface area contributed by atoms with E-state index in [-0.39, 0.29) is 4.99 Å². The molecule has 0 bridgehead atoms. The Hall–Kier alpha value is -0.640. The molecule has 0 heterocycles. The van der Waals surface area contributed by atoms with Crippen LogP contribution in [0.1, 0.15) is 6.92 Å². The Labute approximate surface area is 66.0 Å². The lowest BCUT2D eigenvalue weighted by Crippen LogP contribution is -2.29. The van der Waals surface area contributed by atoms with Crippen molar-refractivity contribution in [2.45, 2.75) is 6.92 Å². The van der Waals surface area contributed by atoms with Gasteiger partial charge < -0.3 is 9.64 Å². The molecule has 0 aliphatic carbocycles. The summed E-state index contributed by atoms with van der Waals surface area (Å²) < 4.78 is 4.64. The molecule has 0 N–H and O–H groups in total. The zero-order chi connectivity index (χ0) is 8.15. The van der Waals surface area contributed by atoms with Gasteiger partial charge in [0.1, 0.15) is 0 Å². The highest BCUT2D eigenvalue weighted by Crippen LogP contribution is 1.87. The first-order valence-electron chi connectivity index (χ1n) is 2.98. The standard InChI is InChI=1S/C6H11NO2S/c1-4-9-6(8)5(10)7(2)3/h4H2,1-3H3. The van der Waals surface area contributed by atoms with Crippen molar-refractivity contribution in [3.05, 3.63) is 0 Å². The summed E-state index contributed by atoms with van der Waals surface area (Å²) in [6.07, 6.45) is 0. The summed E-state index contributed by atoms with van der Waals surface area (Å²) in [6, 6.07) is 0. The van der Waals surface area contributed by atoms with Gasteiger partial charge in [-0.15, -0.1) is 0 Å². The van der Waals surface area contributed by atoms with Crippen molar-refractivity contribution in [1.82, 2.24) is 4.90 Å². The van der Waals surface area contributed by atoms with Gasteiger partial charge in [-0.05, 0) is 6.92 Å². The van der Waals surface area contributed by atoms with Gasteiger partial charge in [0, 0.05) is 14.1 Å². The van der Waals surface area contributed by atoms with Gasteiger partial charge >= 0.3 is 5.97 Å². The lowest BCUT2D eigenvalue weighted by Gasteiger charge is -2.10. The quantitative estimate of drug-likeness (QED) is 0.412. The van der Waals surface area contributed by atoms with Crippen molar-refractivity contribution in [2.75, 3.05) is 20.7 Å². The number of rotatable bonds is 1. The van der Waals surface area contributed by atoms with Crippen LogP contribution in [0.2, 0.25) is 0 Å². The van der Waals surface area contributed by atoms with Crippen LogP contribution < -0.4 is 0 Å². The number of likely N-dealkylation sites (N-methyl/N-ethyl adjacent to an activating group) is 1. The van der Waals surface area contributed by atoms with Gasteiger partial charge in [-0.25, -0.2) is 4.79 Å². The minimum absolute atomic E-state index is 0.210. The maximum Gasteiger partial charge on any atom is 0.366 e. The van der Waals surface area contributed by atoms with E-state index in [1.807, 2.05) is 0 Å². The number of carbonyl (C=O) groups is 1. The molecule has 0 unspecified atom stereocenters. The fourth-order valence-corrected chi connectivity index (χ4v) is 0.434. The highest BCUT2D eigenvalue weighted by molar-refractivity contribution is 7.81. The normalized spacial score (nSPS) is 8.70. The molecule has 58 valence electrons. The van der Waals surface area contributed by atoms with Gasteiger partial charge in [0.15, 0.2) is 4.99 Å². The van der Waals surface area contributed by atoms with E-state index in [0.717, 1.165) is 0 Å².